The van der Waals surface area contributed by atoms with Gasteiger partial charge in [-0.3, -0.25) is 9.48 Å². The van der Waals surface area contributed by atoms with Gasteiger partial charge in [0.2, 0.25) is 15.9 Å². The van der Waals surface area contributed by atoms with E-state index in [1.165, 1.54) is 7.05 Å². The van der Waals surface area contributed by atoms with Gasteiger partial charge in [0.15, 0.2) is 5.82 Å². The number of anilines is 1. The third kappa shape index (κ3) is 4.87. The van der Waals surface area contributed by atoms with Gasteiger partial charge in [-0.05, 0) is 0 Å². The van der Waals surface area contributed by atoms with E-state index in [9.17, 15) is 26.4 Å². The molecule has 1 aromatic heterocycles. The van der Waals surface area contributed by atoms with E-state index in [1.807, 2.05) is 5.32 Å². The quantitative estimate of drug-likeness (QED) is 0.836. The first-order chi connectivity index (χ1) is 8.49. The molecule has 0 aliphatic heterocycles. The van der Waals surface area contributed by atoms with Gasteiger partial charge in [0.1, 0.15) is 4.90 Å². The van der Waals surface area contributed by atoms with Crippen LogP contribution in [0.2, 0.25) is 0 Å². The Hall–Kier alpha value is -1.62. The molecule has 1 rings (SSSR count). The van der Waals surface area contributed by atoms with E-state index >= 15 is 0 Å². The summed E-state index contributed by atoms with van der Waals surface area (Å²) in [6.45, 7) is 0. The number of rotatable bonds is 4. The number of hydrogen-bond donors (Lipinski definition) is 2. The molecule has 11 heteroatoms. The van der Waals surface area contributed by atoms with Crippen molar-refractivity contribution in [1.82, 2.24) is 9.78 Å². The first-order valence-corrected chi connectivity index (χ1v) is 6.47. The molecule has 3 N–H and O–H groups in total. The maximum Gasteiger partial charge on any atom is 0.389 e. The molecule has 0 aliphatic carbocycles. The number of sulfonamides is 1. The zero-order valence-corrected chi connectivity index (χ0v) is 10.5. The number of alkyl halides is 3. The van der Waals surface area contributed by atoms with Crippen molar-refractivity contribution in [2.24, 2.45) is 12.2 Å². The Labute approximate surface area is 106 Å². The summed E-state index contributed by atoms with van der Waals surface area (Å²) >= 11 is 0. The largest absolute Gasteiger partial charge is 0.389 e. The van der Waals surface area contributed by atoms with Crippen LogP contribution in [0, 0.1) is 0 Å². The molecule has 0 aliphatic rings. The van der Waals surface area contributed by atoms with Gasteiger partial charge in [0.05, 0.1) is 6.42 Å². The van der Waals surface area contributed by atoms with Crippen molar-refractivity contribution in [1.29, 1.82) is 0 Å². The maximum absolute atomic E-state index is 11.9. The van der Waals surface area contributed by atoms with Crippen LogP contribution < -0.4 is 10.5 Å². The molecule has 1 aromatic rings. The molecule has 0 unspecified atom stereocenters. The average molecular weight is 300 g/mol. The molecule has 0 bridgehead atoms. The Morgan fingerprint density at radius 2 is 2.11 bits per heavy atom. The molecule has 0 atom stereocenters. The Morgan fingerprint density at radius 3 is 2.58 bits per heavy atom. The van der Waals surface area contributed by atoms with Crippen LogP contribution in [0.4, 0.5) is 19.0 Å². The standard InChI is InChI=1S/C8H11F3N4O3S/c1-15-4-5(19(12,17)18)7(14-15)13-6(16)2-3-8(9,10)11/h4H,2-3H2,1H3,(H2,12,17,18)(H,13,14,16). The predicted octanol–water partition coefficient (Wildman–Crippen LogP) is 0.348. The summed E-state index contributed by atoms with van der Waals surface area (Å²) in [5, 5.41) is 10.5. The second-order valence-corrected chi connectivity index (χ2v) is 5.25. The average Bonchev–Trinajstić information content (AvgIpc) is 2.55. The smallest absolute Gasteiger partial charge is 0.308 e. The van der Waals surface area contributed by atoms with Crippen LogP contribution in [-0.2, 0) is 21.9 Å². The number of nitrogens with zero attached hydrogens (tertiary/aromatic N) is 2. The molecule has 0 fully saturated rings. The monoisotopic (exact) mass is 300 g/mol. The van der Waals surface area contributed by atoms with Crippen molar-refractivity contribution in [2.45, 2.75) is 23.9 Å². The summed E-state index contributed by atoms with van der Waals surface area (Å²) in [6, 6.07) is 0. The summed E-state index contributed by atoms with van der Waals surface area (Å²) < 4.78 is 59.1. The van der Waals surface area contributed by atoms with Gasteiger partial charge in [-0.25, -0.2) is 13.6 Å². The zero-order valence-electron chi connectivity index (χ0n) is 9.73. The summed E-state index contributed by atoms with van der Waals surface area (Å²) in [5.74, 6) is -1.39. The minimum atomic E-state index is -4.47. The summed E-state index contributed by atoms with van der Waals surface area (Å²) in [4.78, 5) is 10.8. The van der Waals surface area contributed by atoms with Crippen LogP contribution in [0.25, 0.3) is 0 Å². The van der Waals surface area contributed by atoms with Crippen LogP contribution in [0.5, 0.6) is 0 Å². The molecule has 0 saturated carbocycles. The number of hydrogen-bond acceptors (Lipinski definition) is 4. The number of primary sulfonamides is 1. The fourth-order valence-electron chi connectivity index (χ4n) is 1.21. The first-order valence-electron chi connectivity index (χ1n) is 4.92. The minimum Gasteiger partial charge on any atom is -0.308 e. The highest BCUT2D eigenvalue weighted by molar-refractivity contribution is 7.89. The molecular weight excluding hydrogens is 289 g/mol. The highest BCUT2D eigenvalue weighted by Crippen LogP contribution is 2.22. The minimum absolute atomic E-state index is 0.392. The molecule has 1 amide bonds. The van der Waals surface area contributed by atoms with E-state index in [4.69, 9.17) is 5.14 Å². The van der Waals surface area contributed by atoms with Crippen molar-refractivity contribution >= 4 is 21.7 Å². The number of amides is 1. The molecular formula is C8H11F3N4O3S. The number of nitrogens with one attached hydrogen (secondary N) is 1. The summed E-state index contributed by atoms with van der Waals surface area (Å²) in [6.07, 6.45) is -5.57. The second kappa shape index (κ2) is 5.17. The van der Waals surface area contributed by atoms with Crippen LogP contribution in [-0.4, -0.2) is 30.3 Å². The fraction of sp³-hybridized carbons (Fsp3) is 0.500. The van der Waals surface area contributed by atoms with E-state index in [0.29, 0.717) is 0 Å². The lowest BCUT2D eigenvalue weighted by Gasteiger charge is -2.06. The van der Waals surface area contributed by atoms with E-state index < -0.39 is 45.7 Å². The van der Waals surface area contributed by atoms with Crippen LogP contribution in [0.15, 0.2) is 11.1 Å². The Bertz CT molecular complexity index is 579. The van der Waals surface area contributed by atoms with Crippen LogP contribution in [0.3, 0.4) is 0 Å². The van der Waals surface area contributed by atoms with Crippen LogP contribution in [0.1, 0.15) is 12.8 Å². The van der Waals surface area contributed by atoms with Gasteiger partial charge in [-0.1, -0.05) is 0 Å². The number of aryl methyl sites for hydroxylation is 1. The van der Waals surface area contributed by atoms with Crippen molar-refractivity contribution < 1.29 is 26.4 Å². The molecule has 108 valence electrons. The number of halogens is 3. The van der Waals surface area contributed by atoms with Gasteiger partial charge in [0.25, 0.3) is 0 Å². The number of nitrogens with two attached hydrogens (primary N) is 1. The third-order valence-corrected chi connectivity index (χ3v) is 2.91. The number of aromatic nitrogens is 2. The first kappa shape index (κ1) is 15.4. The molecule has 0 aromatic carbocycles. The number of carbonyl (C=O) groups excluding carboxylic acids is 1. The van der Waals surface area contributed by atoms with E-state index in [1.54, 1.807) is 0 Å². The summed E-state index contributed by atoms with van der Waals surface area (Å²) in [7, 11) is -2.75. The lowest BCUT2D eigenvalue weighted by Crippen LogP contribution is -2.19. The van der Waals surface area contributed by atoms with Gasteiger partial charge in [-0.2, -0.15) is 18.3 Å². The molecule has 0 radical (unpaired) electrons. The topological polar surface area (TPSA) is 107 Å². The Balaban J connectivity index is 2.81. The van der Waals surface area contributed by atoms with Gasteiger partial charge in [0, 0.05) is 19.7 Å². The van der Waals surface area contributed by atoms with E-state index in [0.717, 1.165) is 10.9 Å². The van der Waals surface area contributed by atoms with Gasteiger partial charge >= 0.3 is 6.18 Å². The molecule has 1 heterocycles. The SMILES string of the molecule is Cn1cc(S(N)(=O)=O)c(NC(=O)CCC(F)(F)F)n1. The van der Waals surface area contributed by atoms with Gasteiger partial charge < -0.3 is 5.32 Å². The van der Waals surface area contributed by atoms with Crippen LogP contribution >= 0.6 is 0 Å². The number of carbonyl (C=O) groups is 1. The normalized spacial score (nSPS) is 12.5. The van der Waals surface area contributed by atoms with Gasteiger partial charge in [-0.15, -0.1) is 0 Å². The molecule has 19 heavy (non-hydrogen) atoms. The highest BCUT2D eigenvalue weighted by atomic mass is 32.2. The maximum atomic E-state index is 11.9. The van der Waals surface area contributed by atoms with Crippen molar-refractivity contribution in [3.05, 3.63) is 6.20 Å². The Morgan fingerprint density at radius 1 is 1.53 bits per heavy atom. The lowest BCUT2D eigenvalue weighted by atomic mass is 10.3. The van der Waals surface area contributed by atoms with E-state index in [2.05, 4.69) is 5.10 Å². The third-order valence-electron chi connectivity index (χ3n) is 2.00. The summed E-state index contributed by atoms with van der Waals surface area (Å²) in [5.41, 5.74) is 0. The molecule has 7 nitrogen and oxygen atoms in total. The second-order valence-electron chi connectivity index (χ2n) is 3.72. The van der Waals surface area contributed by atoms with Crippen molar-refractivity contribution in [3.63, 3.8) is 0 Å². The predicted molar refractivity (Wildman–Crippen MR) is 58.5 cm³/mol. The molecule has 0 spiro atoms. The molecule has 0 saturated heterocycles. The fourth-order valence-corrected chi connectivity index (χ4v) is 1.87. The van der Waals surface area contributed by atoms with E-state index in [-0.39, 0.29) is 0 Å². The van der Waals surface area contributed by atoms with Crippen molar-refractivity contribution in [2.75, 3.05) is 5.32 Å². The lowest BCUT2D eigenvalue weighted by molar-refractivity contribution is -0.142. The zero-order chi connectivity index (χ0) is 14.8. The highest BCUT2D eigenvalue weighted by Gasteiger charge is 2.28. The van der Waals surface area contributed by atoms with Crippen molar-refractivity contribution in [3.8, 4) is 0 Å². The Kier molecular flexibility index (Phi) is 4.20.